The number of carboxylic acid groups (broad SMARTS) is 1. The minimum atomic E-state index is -1.19. The van der Waals surface area contributed by atoms with Crippen molar-refractivity contribution < 1.29 is 24.4 Å². The molecule has 0 saturated carbocycles. The smallest absolute Gasteiger partial charge is 0.326 e. The van der Waals surface area contributed by atoms with Crippen LogP contribution in [0, 0.1) is 10.1 Å². The lowest BCUT2D eigenvalue weighted by Gasteiger charge is -2.13. The molecule has 0 saturated heterocycles. The van der Waals surface area contributed by atoms with Crippen molar-refractivity contribution in [3.8, 4) is 0 Å². The van der Waals surface area contributed by atoms with Crippen molar-refractivity contribution in [2.45, 2.75) is 12.5 Å². The van der Waals surface area contributed by atoms with E-state index in [2.05, 4.69) is 5.32 Å². The number of ether oxygens (including phenoxy) is 1. The van der Waals surface area contributed by atoms with Gasteiger partial charge in [-0.15, -0.1) is 0 Å². The molecule has 1 amide bonds. The van der Waals surface area contributed by atoms with Gasteiger partial charge in [0.05, 0.1) is 4.92 Å². The molecule has 0 spiro atoms. The Labute approximate surface area is 114 Å². The van der Waals surface area contributed by atoms with Gasteiger partial charge in [0.1, 0.15) is 6.04 Å². The van der Waals surface area contributed by atoms with E-state index in [1.165, 1.54) is 25.3 Å². The second kappa shape index (κ2) is 7.19. The summed E-state index contributed by atoms with van der Waals surface area (Å²) >= 11 is 0. The van der Waals surface area contributed by atoms with Gasteiger partial charge in [0.25, 0.3) is 11.6 Å². The molecule has 0 aliphatic carbocycles. The molecule has 8 nitrogen and oxygen atoms in total. The van der Waals surface area contributed by atoms with E-state index in [4.69, 9.17) is 9.84 Å². The summed E-state index contributed by atoms with van der Waals surface area (Å²) in [5.74, 6) is -1.88. The Morgan fingerprint density at radius 3 is 2.75 bits per heavy atom. The predicted molar refractivity (Wildman–Crippen MR) is 68.5 cm³/mol. The summed E-state index contributed by atoms with van der Waals surface area (Å²) < 4.78 is 4.76. The van der Waals surface area contributed by atoms with Crippen LogP contribution in [0.25, 0.3) is 0 Å². The highest BCUT2D eigenvalue weighted by molar-refractivity contribution is 5.97. The van der Waals surface area contributed by atoms with E-state index in [-0.39, 0.29) is 24.3 Å². The quantitative estimate of drug-likeness (QED) is 0.564. The minimum absolute atomic E-state index is 0.0304. The number of hydrogen-bond acceptors (Lipinski definition) is 5. The van der Waals surface area contributed by atoms with Gasteiger partial charge in [0, 0.05) is 37.8 Å². The molecule has 0 aromatic heterocycles. The average molecular weight is 282 g/mol. The molecule has 1 unspecified atom stereocenters. The number of carboxylic acids is 1. The Morgan fingerprint density at radius 2 is 2.20 bits per heavy atom. The molecule has 1 rings (SSSR count). The first-order chi connectivity index (χ1) is 9.45. The number of nitro groups is 1. The Hall–Kier alpha value is -2.48. The lowest BCUT2D eigenvalue weighted by Crippen LogP contribution is -2.41. The second-order valence-corrected chi connectivity index (χ2v) is 3.95. The van der Waals surface area contributed by atoms with Crippen LogP contribution in [0.4, 0.5) is 5.69 Å². The number of amides is 1. The maximum absolute atomic E-state index is 11.9. The molecule has 1 aromatic rings. The molecule has 20 heavy (non-hydrogen) atoms. The number of nitrogens with zero attached hydrogens (tertiary/aromatic N) is 1. The highest BCUT2D eigenvalue weighted by Crippen LogP contribution is 2.13. The van der Waals surface area contributed by atoms with Gasteiger partial charge >= 0.3 is 5.97 Å². The summed E-state index contributed by atoms with van der Waals surface area (Å²) in [5, 5.41) is 21.9. The predicted octanol–water partition coefficient (Wildman–Crippen LogP) is 0.814. The molecule has 1 atom stereocenters. The average Bonchev–Trinajstić information content (AvgIpc) is 2.42. The van der Waals surface area contributed by atoms with E-state index in [1.54, 1.807) is 0 Å². The van der Waals surface area contributed by atoms with Crippen molar-refractivity contribution in [3.63, 3.8) is 0 Å². The van der Waals surface area contributed by atoms with Gasteiger partial charge in [0.15, 0.2) is 0 Å². The van der Waals surface area contributed by atoms with Crippen molar-refractivity contribution in [2.24, 2.45) is 0 Å². The Balaban J connectivity index is 2.80. The van der Waals surface area contributed by atoms with E-state index in [0.717, 1.165) is 6.07 Å². The Morgan fingerprint density at radius 1 is 1.50 bits per heavy atom. The number of benzene rings is 1. The third-order valence-electron chi connectivity index (χ3n) is 2.53. The van der Waals surface area contributed by atoms with E-state index in [1.807, 2.05) is 0 Å². The third kappa shape index (κ3) is 4.32. The first-order valence-electron chi connectivity index (χ1n) is 5.72. The molecule has 0 aliphatic heterocycles. The van der Waals surface area contributed by atoms with Crippen LogP contribution in [0.5, 0.6) is 0 Å². The van der Waals surface area contributed by atoms with Crippen LogP contribution in [0.1, 0.15) is 16.8 Å². The number of carbonyl (C=O) groups is 2. The molecule has 108 valence electrons. The van der Waals surface area contributed by atoms with Crippen molar-refractivity contribution in [2.75, 3.05) is 13.7 Å². The molecule has 2 N–H and O–H groups in total. The highest BCUT2D eigenvalue weighted by atomic mass is 16.6. The lowest BCUT2D eigenvalue weighted by atomic mass is 10.1. The standard InChI is InChI=1S/C12H14N2O6/c1-20-6-5-10(12(16)17)13-11(15)8-3-2-4-9(7-8)14(18)19/h2-4,7,10H,5-6H2,1H3,(H,13,15)(H,16,17). The molecule has 1 aromatic carbocycles. The Kier molecular flexibility index (Phi) is 5.60. The molecule has 0 fully saturated rings. The topological polar surface area (TPSA) is 119 Å². The van der Waals surface area contributed by atoms with Crippen LogP contribution < -0.4 is 5.32 Å². The van der Waals surface area contributed by atoms with E-state index >= 15 is 0 Å². The van der Waals surface area contributed by atoms with Crippen molar-refractivity contribution in [1.82, 2.24) is 5.32 Å². The fourth-order valence-corrected chi connectivity index (χ4v) is 1.50. The first-order valence-corrected chi connectivity index (χ1v) is 5.72. The van der Waals surface area contributed by atoms with Crippen LogP contribution in [-0.2, 0) is 9.53 Å². The van der Waals surface area contributed by atoms with Gasteiger partial charge in [-0.1, -0.05) is 6.07 Å². The maximum atomic E-state index is 11.9. The lowest BCUT2D eigenvalue weighted by molar-refractivity contribution is -0.384. The van der Waals surface area contributed by atoms with Gasteiger partial charge in [-0.05, 0) is 6.07 Å². The van der Waals surface area contributed by atoms with E-state index < -0.39 is 22.8 Å². The second-order valence-electron chi connectivity index (χ2n) is 3.95. The summed E-state index contributed by atoms with van der Waals surface area (Å²) in [7, 11) is 1.42. The zero-order chi connectivity index (χ0) is 15.1. The number of hydrogen-bond donors (Lipinski definition) is 2. The van der Waals surface area contributed by atoms with Gasteiger partial charge in [0.2, 0.25) is 0 Å². The van der Waals surface area contributed by atoms with Crippen LogP contribution in [0.15, 0.2) is 24.3 Å². The van der Waals surface area contributed by atoms with Crippen molar-refractivity contribution >= 4 is 17.6 Å². The number of carbonyl (C=O) groups excluding carboxylic acids is 1. The SMILES string of the molecule is COCCC(NC(=O)c1cccc([N+](=O)[O-])c1)C(=O)O. The summed E-state index contributed by atoms with van der Waals surface area (Å²) in [6.45, 7) is 0.173. The van der Waals surface area contributed by atoms with Gasteiger partial charge in [-0.2, -0.15) is 0 Å². The fraction of sp³-hybridized carbons (Fsp3) is 0.333. The van der Waals surface area contributed by atoms with Crippen LogP contribution in [-0.4, -0.2) is 41.7 Å². The fourth-order valence-electron chi connectivity index (χ4n) is 1.50. The largest absolute Gasteiger partial charge is 0.480 e. The number of nitrogens with one attached hydrogen (secondary N) is 1. The first kappa shape index (κ1) is 15.6. The van der Waals surface area contributed by atoms with E-state index in [0.29, 0.717) is 0 Å². The third-order valence-corrected chi connectivity index (χ3v) is 2.53. The molecular weight excluding hydrogens is 268 g/mol. The molecule has 8 heteroatoms. The highest BCUT2D eigenvalue weighted by Gasteiger charge is 2.21. The normalized spacial score (nSPS) is 11.7. The summed E-state index contributed by atoms with van der Waals surface area (Å²) in [6, 6.07) is 3.96. The van der Waals surface area contributed by atoms with Crippen LogP contribution in [0.3, 0.4) is 0 Å². The monoisotopic (exact) mass is 282 g/mol. The number of methoxy groups -OCH3 is 1. The Bertz CT molecular complexity index is 516. The number of aliphatic carboxylic acids is 1. The number of nitro benzene ring substituents is 1. The summed E-state index contributed by atoms with van der Waals surface area (Å²) in [4.78, 5) is 32.8. The van der Waals surface area contributed by atoms with Crippen molar-refractivity contribution in [1.29, 1.82) is 0 Å². The minimum Gasteiger partial charge on any atom is -0.480 e. The molecule has 0 radical (unpaired) electrons. The summed E-state index contributed by atoms with van der Waals surface area (Å²) in [6.07, 6.45) is 0.104. The molecule has 0 aliphatic rings. The van der Waals surface area contributed by atoms with Gasteiger partial charge in [-0.3, -0.25) is 14.9 Å². The maximum Gasteiger partial charge on any atom is 0.326 e. The number of rotatable bonds is 7. The molecular formula is C12H14N2O6. The zero-order valence-corrected chi connectivity index (χ0v) is 10.7. The zero-order valence-electron chi connectivity index (χ0n) is 10.7. The van der Waals surface area contributed by atoms with Crippen LogP contribution in [0.2, 0.25) is 0 Å². The molecule has 0 bridgehead atoms. The summed E-state index contributed by atoms with van der Waals surface area (Å²) in [5.41, 5.74) is -0.204. The van der Waals surface area contributed by atoms with Gasteiger partial charge < -0.3 is 15.2 Å². The molecule has 0 heterocycles. The number of non-ortho nitro benzene ring substituents is 1. The van der Waals surface area contributed by atoms with Crippen molar-refractivity contribution in [3.05, 3.63) is 39.9 Å². The van der Waals surface area contributed by atoms with Crippen LogP contribution >= 0.6 is 0 Å². The van der Waals surface area contributed by atoms with E-state index in [9.17, 15) is 19.7 Å². The van der Waals surface area contributed by atoms with Gasteiger partial charge in [-0.25, -0.2) is 4.79 Å².